The molecule has 0 bridgehead atoms. The van der Waals surface area contributed by atoms with Gasteiger partial charge in [-0.1, -0.05) is 0 Å². The van der Waals surface area contributed by atoms with Gasteiger partial charge >= 0.3 is 0 Å². The van der Waals surface area contributed by atoms with Gasteiger partial charge in [0.25, 0.3) is 0 Å². The third-order valence-corrected chi connectivity index (χ3v) is 3.62. The normalized spacial score (nSPS) is 19.8. The number of aromatic nitrogens is 2. The van der Waals surface area contributed by atoms with Crippen molar-refractivity contribution in [3.63, 3.8) is 0 Å². The molecule has 2 aromatic heterocycles. The number of nitrogens with zero attached hydrogens (tertiary/aromatic N) is 2. The van der Waals surface area contributed by atoms with Crippen LogP contribution in [0.25, 0.3) is 0 Å². The Morgan fingerprint density at radius 2 is 2.44 bits per heavy atom. The van der Waals surface area contributed by atoms with E-state index in [1.807, 2.05) is 17.8 Å². The molecule has 0 saturated heterocycles. The van der Waals surface area contributed by atoms with Crippen LogP contribution < -0.4 is 0 Å². The SMILES string of the molecule is Cn1ccnc1C1COCc2c1coc2Br. The molecule has 0 spiro atoms. The summed E-state index contributed by atoms with van der Waals surface area (Å²) >= 11 is 3.39. The van der Waals surface area contributed by atoms with Crippen molar-refractivity contribution in [1.29, 1.82) is 0 Å². The van der Waals surface area contributed by atoms with Crippen molar-refractivity contribution in [2.45, 2.75) is 12.5 Å². The van der Waals surface area contributed by atoms with E-state index in [0.29, 0.717) is 13.2 Å². The van der Waals surface area contributed by atoms with Gasteiger partial charge in [0.1, 0.15) is 5.82 Å². The molecule has 0 saturated carbocycles. The molecule has 1 unspecified atom stereocenters. The highest BCUT2D eigenvalue weighted by Gasteiger charge is 2.28. The maximum Gasteiger partial charge on any atom is 0.174 e. The van der Waals surface area contributed by atoms with E-state index in [2.05, 4.69) is 20.9 Å². The molecule has 0 aromatic carbocycles. The first-order valence-electron chi connectivity index (χ1n) is 5.08. The zero-order chi connectivity index (χ0) is 11.1. The number of rotatable bonds is 1. The molecule has 0 amide bonds. The molecule has 0 fully saturated rings. The first-order valence-corrected chi connectivity index (χ1v) is 5.87. The summed E-state index contributed by atoms with van der Waals surface area (Å²) in [5, 5.41) is 0. The maximum absolute atomic E-state index is 5.58. The van der Waals surface area contributed by atoms with Crippen LogP contribution in [0.3, 0.4) is 0 Å². The molecule has 3 heterocycles. The van der Waals surface area contributed by atoms with Crippen molar-refractivity contribution in [3.05, 3.63) is 40.3 Å². The molecule has 1 aliphatic rings. The average molecular weight is 283 g/mol. The summed E-state index contributed by atoms with van der Waals surface area (Å²) < 4.78 is 13.8. The molecule has 4 nitrogen and oxygen atoms in total. The highest BCUT2D eigenvalue weighted by molar-refractivity contribution is 9.10. The molecule has 0 radical (unpaired) electrons. The Kier molecular flexibility index (Phi) is 2.37. The molecule has 84 valence electrons. The molecule has 16 heavy (non-hydrogen) atoms. The van der Waals surface area contributed by atoms with Crippen molar-refractivity contribution in [2.75, 3.05) is 6.61 Å². The van der Waals surface area contributed by atoms with Crippen LogP contribution in [-0.4, -0.2) is 16.2 Å². The minimum atomic E-state index is 0.166. The fraction of sp³-hybridized carbons (Fsp3) is 0.364. The van der Waals surface area contributed by atoms with Crippen molar-refractivity contribution in [2.24, 2.45) is 7.05 Å². The number of halogens is 1. The standard InChI is InChI=1S/C11H11BrN2O2/c1-14-3-2-13-11(14)9-5-15-4-8-7(9)6-16-10(8)12/h2-3,6,9H,4-5H2,1H3. The molecule has 0 N–H and O–H groups in total. The largest absolute Gasteiger partial charge is 0.457 e. The molecule has 1 aliphatic heterocycles. The van der Waals surface area contributed by atoms with E-state index in [9.17, 15) is 0 Å². The second-order valence-corrected chi connectivity index (χ2v) is 4.63. The fourth-order valence-corrected chi connectivity index (χ4v) is 2.54. The van der Waals surface area contributed by atoms with E-state index in [4.69, 9.17) is 9.15 Å². The molecule has 5 heteroatoms. The third kappa shape index (κ3) is 1.43. The topological polar surface area (TPSA) is 40.2 Å². The number of fused-ring (bicyclic) bond motifs is 1. The van der Waals surface area contributed by atoms with Gasteiger partial charge in [0.15, 0.2) is 4.67 Å². The van der Waals surface area contributed by atoms with Crippen LogP contribution in [0, 0.1) is 0 Å². The molecule has 3 rings (SSSR count). The number of hydrogen-bond acceptors (Lipinski definition) is 3. The van der Waals surface area contributed by atoms with Gasteiger partial charge < -0.3 is 13.7 Å². The van der Waals surface area contributed by atoms with Gasteiger partial charge in [0, 0.05) is 30.6 Å². The number of aryl methyl sites for hydroxylation is 1. The van der Waals surface area contributed by atoms with Crippen molar-refractivity contribution >= 4 is 15.9 Å². The first-order chi connectivity index (χ1) is 7.77. The van der Waals surface area contributed by atoms with Crippen LogP contribution in [-0.2, 0) is 18.4 Å². The van der Waals surface area contributed by atoms with E-state index in [0.717, 1.165) is 16.1 Å². The quantitative estimate of drug-likeness (QED) is 0.807. The lowest BCUT2D eigenvalue weighted by atomic mass is 9.96. The number of hydrogen-bond donors (Lipinski definition) is 0. The van der Waals surface area contributed by atoms with Gasteiger partial charge in [0.2, 0.25) is 0 Å². The highest BCUT2D eigenvalue weighted by atomic mass is 79.9. The van der Waals surface area contributed by atoms with E-state index in [1.54, 1.807) is 12.5 Å². The number of imidazole rings is 1. The van der Waals surface area contributed by atoms with Gasteiger partial charge in [0.05, 0.1) is 25.4 Å². The molecule has 1 atom stereocenters. The second kappa shape index (κ2) is 3.75. The Labute approximate surface area is 101 Å². The van der Waals surface area contributed by atoms with Gasteiger partial charge in [-0.05, 0) is 15.9 Å². The number of ether oxygens (including phenoxy) is 1. The minimum absolute atomic E-state index is 0.166. The van der Waals surface area contributed by atoms with Crippen LogP contribution >= 0.6 is 15.9 Å². The maximum atomic E-state index is 5.58. The summed E-state index contributed by atoms with van der Waals surface area (Å²) in [6.45, 7) is 1.26. The third-order valence-electron chi connectivity index (χ3n) is 2.95. The van der Waals surface area contributed by atoms with Crippen molar-refractivity contribution < 1.29 is 9.15 Å². The summed E-state index contributed by atoms with van der Waals surface area (Å²) in [5.41, 5.74) is 2.27. The zero-order valence-corrected chi connectivity index (χ0v) is 10.4. The van der Waals surface area contributed by atoms with Crippen LogP contribution in [0.2, 0.25) is 0 Å². The number of furan rings is 1. The van der Waals surface area contributed by atoms with E-state index < -0.39 is 0 Å². The summed E-state index contributed by atoms with van der Waals surface area (Å²) in [5.74, 6) is 1.17. The van der Waals surface area contributed by atoms with Crippen LogP contribution in [0.5, 0.6) is 0 Å². The Morgan fingerprint density at radius 1 is 1.56 bits per heavy atom. The second-order valence-electron chi connectivity index (χ2n) is 3.91. The van der Waals surface area contributed by atoms with E-state index in [-0.39, 0.29) is 5.92 Å². The Bertz CT molecular complexity index is 518. The van der Waals surface area contributed by atoms with Crippen LogP contribution in [0.15, 0.2) is 27.7 Å². The van der Waals surface area contributed by atoms with E-state index >= 15 is 0 Å². The van der Waals surface area contributed by atoms with E-state index in [1.165, 1.54) is 5.56 Å². The Hall–Kier alpha value is -1.07. The zero-order valence-electron chi connectivity index (χ0n) is 8.81. The Balaban J connectivity index is 2.08. The summed E-state index contributed by atoms with van der Waals surface area (Å²) in [6.07, 6.45) is 5.54. The minimum Gasteiger partial charge on any atom is -0.457 e. The molecular formula is C11H11BrN2O2. The van der Waals surface area contributed by atoms with Gasteiger partial charge in [-0.25, -0.2) is 4.98 Å². The van der Waals surface area contributed by atoms with Gasteiger partial charge in [-0.2, -0.15) is 0 Å². The smallest absolute Gasteiger partial charge is 0.174 e. The lowest BCUT2D eigenvalue weighted by Gasteiger charge is -2.21. The fourth-order valence-electron chi connectivity index (χ4n) is 2.10. The lowest BCUT2D eigenvalue weighted by molar-refractivity contribution is 0.0970. The Morgan fingerprint density at radius 3 is 3.19 bits per heavy atom. The first kappa shape index (κ1) is 10.1. The van der Waals surface area contributed by atoms with Crippen LogP contribution in [0.4, 0.5) is 0 Å². The predicted molar refractivity (Wildman–Crippen MR) is 61.1 cm³/mol. The lowest BCUT2D eigenvalue weighted by Crippen LogP contribution is -2.19. The van der Waals surface area contributed by atoms with Gasteiger partial charge in [-0.3, -0.25) is 0 Å². The monoisotopic (exact) mass is 282 g/mol. The summed E-state index contributed by atoms with van der Waals surface area (Å²) in [6, 6.07) is 0. The van der Waals surface area contributed by atoms with Gasteiger partial charge in [-0.15, -0.1) is 0 Å². The average Bonchev–Trinajstić information content (AvgIpc) is 2.86. The summed E-state index contributed by atoms with van der Waals surface area (Å²) in [7, 11) is 1.99. The van der Waals surface area contributed by atoms with Crippen molar-refractivity contribution in [1.82, 2.24) is 9.55 Å². The van der Waals surface area contributed by atoms with Crippen molar-refractivity contribution in [3.8, 4) is 0 Å². The highest BCUT2D eigenvalue weighted by Crippen LogP contribution is 2.36. The summed E-state index contributed by atoms with van der Waals surface area (Å²) in [4.78, 5) is 4.37. The molecular weight excluding hydrogens is 272 g/mol. The van der Waals surface area contributed by atoms with Crippen LogP contribution in [0.1, 0.15) is 22.9 Å². The molecule has 2 aromatic rings. The molecule has 0 aliphatic carbocycles. The predicted octanol–water partition coefficient (Wildman–Crippen LogP) is 2.44.